The van der Waals surface area contributed by atoms with Gasteiger partial charge in [0.1, 0.15) is 11.2 Å². The zero-order valence-corrected chi connectivity index (χ0v) is 15.1. The van der Waals surface area contributed by atoms with E-state index in [0.717, 1.165) is 25.1 Å². The number of alkyl carbamates (subject to hydrolysis) is 1. The van der Waals surface area contributed by atoms with Crippen LogP contribution in [0.25, 0.3) is 11.0 Å². The number of ether oxygens (including phenoxy) is 1. The molecule has 1 aliphatic heterocycles. The highest BCUT2D eigenvalue weighted by Crippen LogP contribution is 2.29. The lowest BCUT2D eigenvalue weighted by molar-refractivity contribution is -0.383. The van der Waals surface area contributed by atoms with Crippen LogP contribution in [-0.4, -0.2) is 45.7 Å². The molecule has 2 aromatic rings. The maximum atomic E-state index is 12.0. The van der Waals surface area contributed by atoms with E-state index in [4.69, 9.17) is 4.74 Å². The fraction of sp³-hybridized carbons (Fsp3) is 0.529. The Kier molecular flexibility index (Phi) is 4.71. The Hall–Kier alpha value is -2.84. The Morgan fingerprint density at radius 3 is 2.96 bits per heavy atom. The summed E-state index contributed by atoms with van der Waals surface area (Å²) in [5.74, 6) is 0. The molecular formula is C17H23N5O4. The topological polar surface area (TPSA) is 113 Å². The van der Waals surface area contributed by atoms with Gasteiger partial charge in [0.2, 0.25) is 0 Å². The Morgan fingerprint density at radius 2 is 2.27 bits per heavy atom. The third-order valence-corrected chi connectivity index (χ3v) is 4.20. The fourth-order valence-corrected chi connectivity index (χ4v) is 3.11. The normalized spacial score (nSPS) is 18.0. The number of H-pyrrole nitrogens is 1. The minimum absolute atomic E-state index is 0.00906. The van der Waals surface area contributed by atoms with E-state index >= 15 is 0 Å². The summed E-state index contributed by atoms with van der Waals surface area (Å²) in [6.07, 6.45) is 4.37. The summed E-state index contributed by atoms with van der Waals surface area (Å²) in [6, 6.07) is 1.72. The molecule has 0 bridgehead atoms. The van der Waals surface area contributed by atoms with Gasteiger partial charge in [-0.2, -0.15) is 0 Å². The van der Waals surface area contributed by atoms with Gasteiger partial charge in [-0.1, -0.05) is 0 Å². The molecule has 9 heteroatoms. The standard InChI is InChI=1S/C17H23N5O4/c1-17(2,3)26-16(23)20-11-5-4-6-21(10-11)12-7-13-14(22(24)25)9-19-15(13)18-8-12/h7-9,11H,4-6,10H2,1-3H3,(H,18,19)(H,20,23)/t11-/m1/s1. The summed E-state index contributed by atoms with van der Waals surface area (Å²) in [7, 11) is 0. The highest BCUT2D eigenvalue weighted by atomic mass is 16.6. The number of carbonyl (C=O) groups is 1. The van der Waals surface area contributed by atoms with Crippen molar-refractivity contribution >= 4 is 28.5 Å². The molecule has 1 atom stereocenters. The van der Waals surface area contributed by atoms with Crippen molar-refractivity contribution in [3.63, 3.8) is 0 Å². The smallest absolute Gasteiger partial charge is 0.407 e. The second-order valence-corrected chi connectivity index (χ2v) is 7.45. The van der Waals surface area contributed by atoms with Crippen LogP contribution in [0.4, 0.5) is 16.2 Å². The molecule has 1 amide bonds. The molecule has 2 N–H and O–H groups in total. The first kappa shape index (κ1) is 18.0. The number of piperidine rings is 1. The van der Waals surface area contributed by atoms with Crippen molar-refractivity contribution in [3.05, 3.63) is 28.6 Å². The summed E-state index contributed by atoms with van der Waals surface area (Å²) < 4.78 is 5.31. The van der Waals surface area contributed by atoms with Crippen LogP contribution in [0.3, 0.4) is 0 Å². The lowest BCUT2D eigenvalue weighted by Crippen LogP contribution is -2.49. The van der Waals surface area contributed by atoms with Crippen LogP contribution < -0.4 is 10.2 Å². The molecule has 1 aliphatic rings. The molecule has 1 saturated heterocycles. The van der Waals surface area contributed by atoms with Gasteiger partial charge >= 0.3 is 6.09 Å². The molecule has 0 radical (unpaired) electrons. The van der Waals surface area contributed by atoms with Gasteiger partial charge in [0.25, 0.3) is 5.69 Å². The number of nitrogens with one attached hydrogen (secondary N) is 2. The first-order valence-corrected chi connectivity index (χ1v) is 8.59. The average Bonchev–Trinajstić information content (AvgIpc) is 2.96. The second kappa shape index (κ2) is 6.81. The van der Waals surface area contributed by atoms with Crippen molar-refractivity contribution in [1.29, 1.82) is 0 Å². The number of hydrogen-bond donors (Lipinski definition) is 2. The summed E-state index contributed by atoms with van der Waals surface area (Å²) in [5.41, 5.74) is 0.757. The Balaban J connectivity index is 1.73. The Labute approximate surface area is 150 Å². The zero-order chi connectivity index (χ0) is 18.9. The van der Waals surface area contributed by atoms with Crippen LogP contribution in [0.2, 0.25) is 0 Å². The molecule has 0 aromatic carbocycles. The molecule has 140 valence electrons. The molecule has 2 aromatic heterocycles. The van der Waals surface area contributed by atoms with Crippen molar-refractivity contribution in [2.45, 2.75) is 45.3 Å². The van der Waals surface area contributed by atoms with E-state index in [1.165, 1.54) is 6.20 Å². The van der Waals surface area contributed by atoms with Crippen LogP contribution in [0.15, 0.2) is 18.5 Å². The lowest BCUT2D eigenvalue weighted by Gasteiger charge is -2.34. The van der Waals surface area contributed by atoms with E-state index in [1.807, 2.05) is 20.8 Å². The Morgan fingerprint density at radius 1 is 1.50 bits per heavy atom. The van der Waals surface area contributed by atoms with Crippen LogP contribution in [0, 0.1) is 10.1 Å². The number of aromatic nitrogens is 2. The van der Waals surface area contributed by atoms with Gasteiger partial charge in [0.05, 0.1) is 28.4 Å². The molecule has 0 spiro atoms. The number of fused-ring (bicyclic) bond motifs is 1. The third kappa shape index (κ3) is 4.04. The van der Waals surface area contributed by atoms with Crippen molar-refractivity contribution in [1.82, 2.24) is 15.3 Å². The summed E-state index contributed by atoms with van der Waals surface area (Å²) >= 11 is 0. The predicted octanol–water partition coefficient (Wildman–Crippen LogP) is 2.96. The van der Waals surface area contributed by atoms with Gasteiger partial charge in [-0.25, -0.2) is 9.78 Å². The van der Waals surface area contributed by atoms with Crippen molar-refractivity contribution < 1.29 is 14.5 Å². The van der Waals surface area contributed by atoms with E-state index in [2.05, 4.69) is 20.2 Å². The molecule has 1 fully saturated rings. The average molecular weight is 361 g/mol. The number of nitro groups is 1. The minimum atomic E-state index is -0.541. The monoisotopic (exact) mass is 361 g/mol. The van der Waals surface area contributed by atoms with Gasteiger partial charge in [0.15, 0.2) is 0 Å². The van der Waals surface area contributed by atoms with Crippen LogP contribution in [0.1, 0.15) is 33.6 Å². The van der Waals surface area contributed by atoms with Gasteiger partial charge in [-0.05, 0) is 39.7 Å². The number of aromatic amines is 1. The number of anilines is 1. The fourth-order valence-electron chi connectivity index (χ4n) is 3.11. The maximum Gasteiger partial charge on any atom is 0.407 e. The third-order valence-electron chi connectivity index (χ3n) is 4.20. The largest absolute Gasteiger partial charge is 0.444 e. The molecule has 3 rings (SSSR count). The number of rotatable bonds is 3. The molecule has 9 nitrogen and oxygen atoms in total. The first-order chi connectivity index (χ1) is 12.2. The zero-order valence-electron chi connectivity index (χ0n) is 15.1. The quantitative estimate of drug-likeness (QED) is 0.642. The summed E-state index contributed by atoms with van der Waals surface area (Å²) in [5, 5.41) is 14.5. The second-order valence-electron chi connectivity index (χ2n) is 7.45. The maximum absolute atomic E-state index is 12.0. The van der Waals surface area contributed by atoms with E-state index in [1.54, 1.807) is 12.3 Å². The summed E-state index contributed by atoms with van der Waals surface area (Å²) in [6.45, 7) is 6.88. The number of hydrogen-bond acceptors (Lipinski definition) is 6. The minimum Gasteiger partial charge on any atom is -0.444 e. The van der Waals surface area contributed by atoms with E-state index in [0.29, 0.717) is 17.6 Å². The molecule has 3 heterocycles. The number of amides is 1. The molecule has 0 aliphatic carbocycles. The van der Waals surface area contributed by atoms with E-state index in [9.17, 15) is 14.9 Å². The van der Waals surface area contributed by atoms with Gasteiger partial charge < -0.3 is 19.9 Å². The van der Waals surface area contributed by atoms with Gasteiger partial charge in [0, 0.05) is 19.1 Å². The number of nitrogens with zero attached hydrogens (tertiary/aromatic N) is 3. The highest BCUT2D eigenvalue weighted by Gasteiger charge is 2.25. The highest BCUT2D eigenvalue weighted by molar-refractivity contribution is 5.88. The molecule has 26 heavy (non-hydrogen) atoms. The summed E-state index contributed by atoms with van der Waals surface area (Å²) in [4.78, 5) is 31.9. The van der Waals surface area contributed by atoms with Gasteiger partial charge in [-0.15, -0.1) is 0 Å². The molecule has 0 unspecified atom stereocenters. The van der Waals surface area contributed by atoms with E-state index < -0.39 is 16.6 Å². The van der Waals surface area contributed by atoms with Crippen molar-refractivity contribution in [3.8, 4) is 0 Å². The SMILES string of the molecule is CC(C)(C)OC(=O)N[C@@H]1CCCN(c2cnc3[nH]cc([N+](=O)[O-])c3c2)C1. The van der Waals surface area contributed by atoms with Crippen LogP contribution in [0.5, 0.6) is 0 Å². The number of carbonyl (C=O) groups excluding carboxylic acids is 1. The van der Waals surface area contributed by atoms with Crippen molar-refractivity contribution in [2.75, 3.05) is 18.0 Å². The Bertz CT molecular complexity index is 826. The first-order valence-electron chi connectivity index (χ1n) is 8.59. The van der Waals surface area contributed by atoms with Crippen LogP contribution >= 0.6 is 0 Å². The van der Waals surface area contributed by atoms with E-state index in [-0.39, 0.29) is 11.7 Å². The molecule has 0 saturated carbocycles. The number of pyridine rings is 1. The molecular weight excluding hydrogens is 338 g/mol. The lowest BCUT2D eigenvalue weighted by atomic mass is 10.1. The van der Waals surface area contributed by atoms with Crippen molar-refractivity contribution in [2.24, 2.45) is 0 Å². The van der Waals surface area contributed by atoms with Gasteiger partial charge in [-0.3, -0.25) is 10.1 Å². The predicted molar refractivity (Wildman–Crippen MR) is 97.4 cm³/mol. The van der Waals surface area contributed by atoms with Crippen LogP contribution in [-0.2, 0) is 4.74 Å².